The number of pyridine rings is 1. The van der Waals surface area contributed by atoms with Gasteiger partial charge in [0.2, 0.25) is 10.0 Å². The topological polar surface area (TPSA) is 87.7 Å². The number of aryl methyl sites for hydroxylation is 1. The highest BCUT2D eigenvalue weighted by Crippen LogP contribution is 2.28. The van der Waals surface area contributed by atoms with Crippen LogP contribution in [0, 0.1) is 0 Å². The Morgan fingerprint density at radius 1 is 1.25 bits per heavy atom. The van der Waals surface area contributed by atoms with Gasteiger partial charge in [0.25, 0.3) is 0 Å². The van der Waals surface area contributed by atoms with Gasteiger partial charge >= 0.3 is 0 Å². The predicted molar refractivity (Wildman–Crippen MR) is 91.5 cm³/mol. The molecule has 3 aromatic rings. The lowest BCUT2D eigenvalue weighted by molar-refractivity contribution is 0.508. The molecule has 1 aromatic carbocycles. The van der Waals surface area contributed by atoms with Crippen LogP contribution in [0.15, 0.2) is 41.6 Å². The number of nitrogens with zero attached hydrogens (tertiary/aromatic N) is 2. The number of nitrogens with one attached hydrogen (secondary N) is 2. The monoisotopic (exact) mass is 362 g/mol. The van der Waals surface area contributed by atoms with Gasteiger partial charge < -0.3 is 0 Å². The van der Waals surface area contributed by atoms with Crippen molar-refractivity contribution in [3.8, 4) is 0 Å². The molecule has 1 atom stereocenters. The first kappa shape index (κ1) is 15.6. The fraction of sp³-hybridized carbons (Fsp3) is 0.250. The molecule has 24 heavy (non-hydrogen) atoms. The van der Waals surface area contributed by atoms with E-state index in [1.807, 2.05) is 0 Å². The first-order valence-electron chi connectivity index (χ1n) is 7.61. The number of hydrogen-bond acceptors (Lipinski definition) is 4. The number of hydrogen-bond donors (Lipinski definition) is 2. The summed E-state index contributed by atoms with van der Waals surface area (Å²) in [5.41, 5.74) is 3.02. The second-order valence-corrected chi connectivity index (χ2v) is 7.98. The molecule has 0 aliphatic heterocycles. The van der Waals surface area contributed by atoms with Crippen LogP contribution in [0.25, 0.3) is 11.0 Å². The molecule has 1 aliphatic carbocycles. The molecule has 2 heterocycles. The van der Waals surface area contributed by atoms with Crippen molar-refractivity contribution in [1.29, 1.82) is 0 Å². The maximum atomic E-state index is 12.6. The molecule has 0 bridgehead atoms. The van der Waals surface area contributed by atoms with Gasteiger partial charge in [0.1, 0.15) is 4.90 Å². The minimum absolute atomic E-state index is 0.112. The molecule has 0 radical (unpaired) electrons. The minimum Gasteiger partial charge on any atom is -0.261 e. The molecule has 0 saturated heterocycles. The number of fused-ring (bicyclic) bond motifs is 3. The molecular formula is C16H15ClN4O2S. The van der Waals surface area contributed by atoms with E-state index in [-0.39, 0.29) is 16.0 Å². The highest BCUT2D eigenvalue weighted by Gasteiger charge is 2.27. The third-order valence-electron chi connectivity index (χ3n) is 4.34. The Labute approximate surface area is 144 Å². The standard InChI is InChI=1S/C16H15ClN4O2S/c17-14-3-1-2-4-15(14)24(22,23)21-11-5-6-12-10(7-11)8-18-16-13(12)9-19-20-16/h1-4,8-9,11,21H,5-7H2,(H,18,19,20). The van der Waals surface area contributed by atoms with Gasteiger partial charge in [0, 0.05) is 17.6 Å². The molecule has 2 aromatic heterocycles. The van der Waals surface area contributed by atoms with E-state index >= 15 is 0 Å². The smallest absolute Gasteiger partial charge is 0.242 e. The van der Waals surface area contributed by atoms with Crippen LogP contribution in [0.4, 0.5) is 0 Å². The fourth-order valence-electron chi connectivity index (χ4n) is 3.20. The lowest BCUT2D eigenvalue weighted by Crippen LogP contribution is -2.39. The third kappa shape index (κ3) is 2.68. The van der Waals surface area contributed by atoms with Gasteiger partial charge in [-0.05, 0) is 42.5 Å². The lowest BCUT2D eigenvalue weighted by atomic mass is 9.88. The van der Waals surface area contributed by atoms with Gasteiger partial charge in [0.15, 0.2) is 5.65 Å². The number of halogens is 1. The SMILES string of the molecule is O=S(=O)(NC1CCc2c(cnc3[nH]ncc23)C1)c1ccccc1Cl. The zero-order valence-corrected chi connectivity index (χ0v) is 14.2. The van der Waals surface area contributed by atoms with Gasteiger partial charge in [0.05, 0.1) is 11.2 Å². The summed E-state index contributed by atoms with van der Waals surface area (Å²) in [7, 11) is -3.65. The zero-order valence-electron chi connectivity index (χ0n) is 12.7. The number of H-pyrrole nitrogens is 1. The fourth-order valence-corrected chi connectivity index (χ4v) is 4.99. The van der Waals surface area contributed by atoms with Gasteiger partial charge in [-0.1, -0.05) is 23.7 Å². The van der Waals surface area contributed by atoms with Crippen molar-refractivity contribution in [2.24, 2.45) is 0 Å². The molecule has 0 amide bonds. The molecular weight excluding hydrogens is 348 g/mol. The van der Waals surface area contributed by atoms with Gasteiger partial charge in [-0.15, -0.1) is 0 Å². The van der Waals surface area contributed by atoms with E-state index in [9.17, 15) is 8.42 Å². The number of benzene rings is 1. The largest absolute Gasteiger partial charge is 0.261 e. The van der Waals surface area contributed by atoms with E-state index < -0.39 is 10.0 Å². The van der Waals surface area contributed by atoms with Crippen molar-refractivity contribution >= 4 is 32.7 Å². The summed E-state index contributed by atoms with van der Waals surface area (Å²) in [4.78, 5) is 4.45. The Morgan fingerprint density at radius 3 is 2.92 bits per heavy atom. The van der Waals surface area contributed by atoms with Crippen molar-refractivity contribution in [3.05, 3.63) is 52.8 Å². The van der Waals surface area contributed by atoms with Gasteiger partial charge in [-0.2, -0.15) is 5.10 Å². The molecule has 2 N–H and O–H groups in total. The highest BCUT2D eigenvalue weighted by molar-refractivity contribution is 7.89. The van der Waals surface area contributed by atoms with Crippen LogP contribution >= 0.6 is 11.6 Å². The Kier molecular flexibility index (Phi) is 3.79. The van der Waals surface area contributed by atoms with Crippen LogP contribution < -0.4 is 4.72 Å². The van der Waals surface area contributed by atoms with Crippen LogP contribution in [0.3, 0.4) is 0 Å². The molecule has 0 fully saturated rings. The summed E-state index contributed by atoms with van der Waals surface area (Å²) in [5, 5.41) is 8.12. The number of sulfonamides is 1. The Bertz CT molecular complexity index is 1020. The molecule has 1 unspecified atom stereocenters. The van der Waals surface area contributed by atoms with Crippen LogP contribution in [0.2, 0.25) is 5.02 Å². The Balaban J connectivity index is 1.60. The van der Waals surface area contributed by atoms with Crippen LogP contribution in [-0.4, -0.2) is 29.6 Å². The molecule has 0 saturated carbocycles. The summed E-state index contributed by atoms with van der Waals surface area (Å²) >= 11 is 6.02. The maximum Gasteiger partial charge on any atom is 0.242 e. The van der Waals surface area contributed by atoms with Crippen molar-refractivity contribution in [2.75, 3.05) is 0 Å². The third-order valence-corrected chi connectivity index (χ3v) is 6.36. The van der Waals surface area contributed by atoms with Crippen molar-refractivity contribution < 1.29 is 8.42 Å². The highest BCUT2D eigenvalue weighted by atomic mass is 35.5. The average Bonchev–Trinajstić information content (AvgIpc) is 3.03. The van der Waals surface area contributed by atoms with E-state index in [0.29, 0.717) is 6.42 Å². The quantitative estimate of drug-likeness (QED) is 0.749. The van der Waals surface area contributed by atoms with Gasteiger partial charge in [-0.3, -0.25) is 5.10 Å². The van der Waals surface area contributed by atoms with E-state index in [2.05, 4.69) is 19.9 Å². The summed E-state index contributed by atoms with van der Waals surface area (Å²) in [6, 6.07) is 6.28. The van der Waals surface area contributed by atoms with E-state index in [4.69, 9.17) is 11.6 Å². The summed E-state index contributed by atoms with van der Waals surface area (Å²) in [6.07, 6.45) is 5.68. The normalized spacial score (nSPS) is 17.8. The van der Waals surface area contributed by atoms with Crippen molar-refractivity contribution in [1.82, 2.24) is 19.9 Å². The second kappa shape index (κ2) is 5.84. The molecule has 124 valence electrons. The zero-order chi connectivity index (χ0) is 16.7. The van der Waals surface area contributed by atoms with Crippen LogP contribution in [0.1, 0.15) is 17.5 Å². The minimum atomic E-state index is -3.65. The van der Waals surface area contributed by atoms with Crippen molar-refractivity contribution in [2.45, 2.75) is 30.2 Å². The predicted octanol–water partition coefficient (Wildman–Crippen LogP) is 2.45. The van der Waals surface area contributed by atoms with Crippen molar-refractivity contribution in [3.63, 3.8) is 0 Å². The lowest BCUT2D eigenvalue weighted by Gasteiger charge is -2.25. The molecule has 4 rings (SSSR count). The van der Waals surface area contributed by atoms with E-state index in [1.54, 1.807) is 30.6 Å². The van der Waals surface area contributed by atoms with E-state index in [1.165, 1.54) is 11.6 Å². The molecule has 6 nitrogen and oxygen atoms in total. The Morgan fingerprint density at radius 2 is 2.08 bits per heavy atom. The molecule has 0 spiro atoms. The van der Waals surface area contributed by atoms with Crippen LogP contribution in [-0.2, 0) is 22.9 Å². The first-order chi connectivity index (χ1) is 11.5. The summed E-state index contributed by atoms with van der Waals surface area (Å²) < 4.78 is 27.9. The van der Waals surface area contributed by atoms with Crippen LogP contribution in [0.5, 0.6) is 0 Å². The number of aromatic amines is 1. The number of rotatable bonds is 3. The number of aromatic nitrogens is 3. The van der Waals surface area contributed by atoms with E-state index in [0.717, 1.165) is 29.4 Å². The Hall–Kier alpha value is -1.96. The maximum absolute atomic E-state index is 12.6. The second-order valence-electron chi connectivity index (χ2n) is 5.89. The average molecular weight is 363 g/mol. The van der Waals surface area contributed by atoms with Gasteiger partial charge in [-0.25, -0.2) is 18.1 Å². The molecule has 8 heteroatoms. The summed E-state index contributed by atoms with van der Waals surface area (Å²) in [6.45, 7) is 0. The summed E-state index contributed by atoms with van der Waals surface area (Å²) in [5.74, 6) is 0. The molecule has 1 aliphatic rings. The first-order valence-corrected chi connectivity index (χ1v) is 9.47.